The highest BCUT2D eigenvalue weighted by molar-refractivity contribution is 5.03. The molecule has 0 spiro atoms. The van der Waals surface area contributed by atoms with Gasteiger partial charge in [0.15, 0.2) is 0 Å². The molecular formula is C12H20O2. The van der Waals surface area contributed by atoms with Crippen LogP contribution in [0.5, 0.6) is 0 Å². The summed E-state index contributed by atoms with van der Waals surface area (Å²) in [5, 5.41) is 16.9. The van der Waals surface area contributed by atoms with Crippen molar-refractivity contribution in [3.8, 4) is 24.4 Å². The van der Waals surface area contributed by atoms with Crippen LogP contribution in [-0.4, -0.2) is 15.8 Å². The average Bonchev–Trinajstić information content (AvgIpc) is 2.19. The summed E-state index contributed by atoms with van der Waals surface area (Å²) in [5.41, 5.74) is -0.889. The summed E-state index contributed by atoms with van der Waals surface area (Å²) in [7, 11) is 0. The first-order valence-corrected chi connectivity index (χ1v) is 4.78. The highest BCUT2D eigenvalue weighted by atomic mass is 16.3. The van der Waals surface area contributed by atoms with E-state index in [1.807, 2.05) is 26.9 Å². The third kappa shape index (κ3) is 10.9. The first-order valence-electron chi connectivity index (χ1n) is 4.78. The van der Waals surface area contributed by atoms with E-state index in [0.717, 1.165) is 6.42 Å². The van der Waals surface area contributed by atoms with Crippen molar-refractivity contribution in [1.82, 2.24) is 0 Å². The van der Waals surface area contributed by atoms with Crippen LogP contribution in [0, 0.1) is 30.3 Å². The Hall–Kier alpha value is -1.12. The molecule has 0 fully saturated rings. The van der Waals surface area contributed by atoms with E-state index in [1.54, 1.807) is 6.92 Å². The molecule has 0 aliphatic carbocycles. The summed E-state index contributed by atoms with van der Waals surface area (Å²) >= 11 is 0. The van der Waals surface area contributed by atoms with Gasteiger partial charge in [0.2, 0.25) is 0 Å². The molecule has 0 bridgehead atoms. The Morgan fingerprint density at radius 3 is 2.00 bits per heavy atom. The molecule has 0 saturated carbocycles. The number of aliphatic hydroxyl groups is 2. The van der Waals surface area contributed by atoms with Gasteiger partial charge in [-0.3, -0.25) is 0 Å². The second kappa shape index (κ2) is 8.48. The van der Waals surface area contributed by atoms with Crippen LogP contribution in [0.4, 0.5) is 0 Å². The van der Waals surface area contributed by atoms with Gasteiger partial charge in [0.25, 0.3) is 0 Å². The Morgan fingerprint density at radius 1 is 1.43 bits per heavy atom. The molecule has 0 radical (unpaired) electrons. The summed E-state index contributed by atoms with van der Waals surface area (Å²) in [6.07, 6.45) is 8.41. The zero-order valence-corrected chi connectivity index (χ0v) is 9.46. The third-order valence-electron chi connectivity index (χ3n) is 1.92. The fourth-order valence-corrected chi connectivity index (χ4v) is 0.314. The number of terminal acetylenes is 1. The predicted octanol–water partition coefficient (Wildman–Crippen LogP) is 2.15. The fourth-order valence-electron chi connectivity index (χ4n) is 0.314. The lowest BCUT2D eigenvalue weighted by Crippen LogP contribution is -2.18. The summed E-state index contributed by atoms with van der Waals surface area (Å²) in [6, 6.07) is 0. The van der Waals surface area contributed by atoms with Gasteiger partial charge in [-0.25, -0.2) is 0 Å². The van der Waals surface area contributed by atoms with E-state index in [2.05, 4.69) is 11.8 Å². The van der Waals surface area contributed by atoms with Gasteiger partial charge in [-0.05, 0) is 19.8 Å². The van der Waals surface area contributed by atoms with Gasteiger partial charge in [-0.1, -0.05) is 32.6 Å². The maximum Gasteiger partial charge on any atom is 0.122 e. The zero-order valence-electron chi connectivity index (χ0n) is 9.46. The Labute approximate surface area is 87.3 Å². The van der Waals surface area contributed by atoms with Crippen LogP contribution < -0.4 is 0 Å². The quantitative estimate of drug-likeness (QED) is 0.664. The maximum atomic E-state index is 8.90. The van der Waals surface area contributed by atoms with Crippen molar-refractivity contribution < 1.29 is 10.2 Å². The largest absolute Gasteiger partial charge is 0.462 e. The molecule has 2 heteroatoms. The molecule has 0 amide bonds. The molecule has 0 rings (SSSR count). The van der Waals surface area contributed by atoms with Gasteiger partial charge in [0.1, 0.15) is 11.7 Å². The molecule has 0 aromatic rings. The van der Waals surface area contributed by atoms with Crippen molar-refractivity contribution in [1.29, 1.82) is 0 Å². The summed E-state index contributed by atoms with van der Waals surface area (Å²) in [6.45, 7) is 7.48. The zero-order chi connectivity index (χ0) is 11.6. The minimum absolute atomic E-state index is 0.338. The van der Waals surface area contributed by atoms with Crippen molar-refractivity contribution in [3.63, 3.8) is 0 Å². The molecule has 0 aliphatic rings. The Bertz CT molecular complexity index is 225. The number of hydrogen-bond acceptors (Lipinski definition) is 2. The van der Waals surface area contributed by atoms with Gasteiger partial charge >= 0.3 is 0 Å². The highest BCUT2D eigenvalue weighted by Gasteiger charge is 2.10. The molecule has 2 unspecified atom stereocenters. The molecule has 2 nitrogen and oxygen atoms in total. The molecule has 80 valence electrons. The van der Waals surface area contributed by atoms with E-state index in [4.69, 9.17) is 16.6 Å². The summed E-state index contributed by atoms with van der Waals surface area (Å²) in [5.74, 6) is 5.19. The van der Waals surface area contributed by atoms with Gasteiger partial charge < -0.3 is 10.2 Å². The van der Waals surface area contributed by atoms with Gasteiger partial charge in [-0.2, -0.15) is 0 Å². The molecule has 2 N–H and O–H groups in total. The SMILES string of the molecule is C#CC(C)(O)CC.CCC(C)C#CO. The van der Waals surface area contributed by atoms with Crippen LogP contribution >= 0.6 is 0 Å². The van der Waals surface area contributed by atoms with E-state index >= 15 is 0 Å². The van der Waals surface area contributed by atoms with E-state index in [0.29, 0.717) is 12.3 Å². The van der Waals surface area contributed by atoms with Gasteiger partial charge in [0.05, 0.1) is 0 Å². The monoisotopic (exact) mass is 196 g/mol. The van der Waals surface area contributed by atoms with Crippen molar-refractivity contribution in [2.75, 3.05) is 0 Å². The van der Waals surface area contributed by atoms with Gasteiger partial charge in [-0.15, -0.1) is 6.42 Å². The summed E-state index contributed by atoms with van der Waals surface area (Å²) in [4.78, 5) is 0. The Kier molecular flexibility index (Phi) is 9.30. The smallest absolute Gasteiger partial charge is 0.122 e. The third-order valence-corrected chi connectivity index (χ3v) is 1.92. The highest BCUT2D eigenvalue weighted by Crippen LogP contribution is 2.03. The average molecular weight is 196 g/mol. The minimum Gasteiger partial charge on any atom is -0.462 e. The lowest BCUT2D eigenvalue weighted by atomic mass is 10.1. The topological polar surface area (TPSA) is 40.5 Å². The maximum absolute atomic E-state index is 8.90. The second-order valence-corrected chi connectivity index (χ2v) is 3.34. The number of rotatable bonds is 2. The van der Waals surface area contributed by atoms with E-state index in [-0.39, 0.29) is 0 Å². The van der Waals surface area contributed by atoms with Crippen molar-refractivity contribution in [3.05, 3.63) is 0 Å². The number of aliphatic hydroxyl groups excluding tert-OH is 1. The fraction of sp³-hybridized carbons (Fsp3) is 0.667. The standard InChI is InChI=1S/2C6H10O/c1-4-6(3,7)5-2;1-3-6(2)4-5-7/h1,7H,5H2,2-3H3;6-7H,3H2,1-2H3. The first-order chi connectivity index (χ1) is 6.43. The van der Waals surface area contributed by atoms with Crippen LogP contribution in [0.1, 0.15) is 40.5 Å². The first kappa shape index (κ1) is 15.4. The molecule has 0 aromatic heterocycles. The molecule has 0 aromatic carbocycles. The van der Waals surface area contributed by atoms with Crippen molar-refractivity contribution in [2.24, 2.45) is 5.92 Å². The lowest BCUT2D eigenvalue weighted by Gasteiger charge is -2.10. The normalized spacial score (nSPS) is 14.6. The van der Waals surface area contributed by atoms with Crippen LogP contribution in [0.3, 0.4) is 0 Å². The predicted molar refractivity (Wildman–Crippen MR) is 58.9 cm³/mol. The molecule has 0 saturated heterocycles. The molecule has 0 aliphatic heterocycles. The van der Waals surface area contributed by atoms with Crippen molar-refractivity contribution >= 4 is 0 Å². The minimum atomic E-state index is -0.889. The van der Waals surface area contributed by atoms with Gasteiger partial charge in [0, 0.05) is 5.92 Å². The van der Waals surface area contributed by atoms with Crippen LogP contribution in [-0.2, 0) is 0 Å². The second-order valence-electron chi connectivity index (χ2n) is 3.34. The number of hydrogen-bond donors (Lipinski definition) is 2. The molecule has 0 heterocycles. The van der Waals surface area contributed by atoms with Crippen molar-refractivity contribution in [2.45, 2.75) is 46.1 Å². The summed E-state index contributed by atoms with van der Waals surface area (Å²) < 4.78 is 0. The molecular weight excluding hydrogens is 176 g/mol. The van der Waals surface area contributed by atoms with E-state index in [1.165, 1.54) is 0 Å². The van der Waals surface area contributed by atoms with Crippen LogP contribution in [0.15, 0.2) is 0 Å². The van der Waals surface area contributed by atoms with E-state index < -0.39 is 5.60 Å². The van der Waals surface area contributed by atoms with E-state index in [9.17, 15) is 0 Å². The van der Waals surface area contributed by atoms with Crippen LogP contribution in [0.2, 0.25) is 0 Å². The molecule has 14 heavy (non-hydrogen) atoms. The Balaban J connectivity index is 0. The molecule has 2 atom stereocenters. The lowest BCUT2D eigenvalue weighted by molar-refractivity contribution is 0.118. The van der Waals surface area contributed by atoms with Crippen LogP contribution in [0.25, 0.3) is 0 Å². The Morgan fingerprint density at radius 2 is 1.93 bits per heavy atom.